The van der Waals surface area contributed by atoms with Gasteiger partial charge in [-0.3, -0.25) is 0 Å². The summed E-state index contributed by atoms with van der Waals surface area (Å²) in [5.74, 6) is 1.10. The largest absolute Gasteiger partial charge is 0.420 e. The highest BCUT2D eigenvalue weighted by molar-refractivity contribution is 9.10. The van der Waals surface area contributed by atoms with E-state index in [1.165, 1.54) is 6.92 Å². The monoisotopic (exact) mass is 339 g/mol. The molecule has 1 unspecified atom stereocenters. The van der Waals surface area contributed by atoms with E-state index in [1.807, 2.05) is 17.6 Å². The Morgan fingerprint density at radius 3 is 2.95 bits per heavy atom. The summed E-state index contributed by atoms with van der Waals surface area (Å²) in [5.41, 5.74) is 1.49. The Morgan fingerprint density at radius 1 is 1.45 bits per heavy atom. The number of nitrogens with zero attached hydrogens (tertiary/aromatic N) is 5. The fourth-order valence-electron chi connectivity index (χ4n) is 1.92. The summed E-state index contributed by atoms with van der Waals surface area (Å²) in [7, 11) is 0. The zero-order valence-corrected chi connectivity index (χ0v) is 12.4. The van der Waals surface area contributed by atoms with Gasteiger partial charge in [-0.2, -0.15) is 0 Å². The average Bonchev–Trinajstić information content (AvgIpc) is 2.97. The van der Waals surface area contributed by atoms with Gasteiger partial charge >= 0.3 is 0 Å². The Balaban J connectivity index is 2.01. The number of alkyl halides is 1. The summed E-state index contributed by atoms with van der Waals surface area (Å²) >= 11 is 3.38. The number of aryl methyl sites for hydroxylation is 1. The second kappa shape index (κ2) is 4.93. The van der Waals surface area contributed by atoms with E-state index in [9.17, 15) is 4.39 Å². The van der Waals surface area contributed by atoms with Crippen LogP contribution in [0.25, 0.3) is 11.2 Å². The average molecular weight is 340 g/mol. The molecule has 20 heavy (non-hydrogen) atoms. The normalized spacial score (nSPS) is 13.0. The van der Waals surface area contributed by atoms with Crippen molar-refractivity contribution in [3.8, 4) is 0 Å². The van der Waals surface area contributed by atoms with Gasteiger partial charge in [-0.05, 0) is 35.8 Å². The summed E-state index contributed by atoms with van der Waals surface area (Å²) in [6.45, 7) is 3.56. The lowest BCUT2D eigenvalue weighted by molar-refractivity contribution is 0.290. The van der Waals surface area contributed by atoms with Gasteiger partial charge in [0.2, 0.25) is 11.8 Å². The van der Waals surface area contributed by atoms with E-state index in [-0.39, 0.29) is 5.89 Å². The van der Waals surface area contributed by atoms with E-state index >= 15 is 0 Å². The van der Waals surface area contributed by atoms with E-state index in [2.05, 4.69) is 36.1 Å². The first-order valence-corrected chi connectivity index (χ1v) is 6.78. The van der Waals surface area contributed by atoms with Crippen molar-refractivity contribution in [2.45, 2.75) is 26.6 Å². The molecule has 0 aromatic carbocycles. The highest BCUT2D eigenvalue weighted by atomic mass is 79.9. The van der Waals surface area contributed by atoms with E-state index in [1.54, 1.807) is 6.20 Å². The molecular weight excluding hydrogens is 329 g/mol. The Kier molecular flexibility index (Phi) is 3.25. The first-order chi connectivity index (χ1) is 9.54. The van der Waals surface area contributed by atoms with Crippen molar-refractivity contribution in [3.63, 3.8) is 0 Å². The molecule has 104 valence electrons. The molecule has 0 radical (unpaired) electrons. The predicted molar refractivity (Wildman–Crippen MR) is 72.9 cm³/mol. The van der Waals surface area contributed by atoms with Crippen LogP contribution in [0.15, 0.2) is 21.2 Å². The number of hydrogen-bond acceptors (Lipinski definition) is 5. The van der Waals surface area contributed by atoms with Gasteiger partial charge in [0.1, 0.15) is 12.4 Å². The van der Waals surface area contributed by atoms with Crippen molar-refractivity contribution in [3.05, 3.63) is 34.3 Å². The molecule has 3 rings (SSSR count). The lowest BCUT2D eigenvalue weighted by atomic mass is 10.4. The van der Waals surface area contributed by atoms with Gasteiger partial charge in [0, 0.05) is 10.7 Å². The third-order valence-corrected chi connectivity index (χ3v) is 3.31. The first-order valence-electron chi connectivity index (χ1n) is 5.99. The Morgan fingerprint density at radius 2 is 2.25 bits per heavy atom. The van der Waals surface area contributed by atoms with Gasteiger partial charge in [0.15, 0.2) is 11.8 Å². The summed E-state index contributed by atoms with van der Waals surface area (Å²) in [6.07, 6.45) is 0.419. The highest BCUT2D eigenvalue weighted by Gasteiger charge is 2.15. The molecule has 0 aliphatic rings. The molecule has 0 amide bonds. The van der Waals surface area contributed by atoms with Crippen molar-refractivity contribution in [2.24, 2.45) is 0 Å². The summed E-state index contributed by atoms with van der Waals surface area (Å²) in [6, 6.07) is 1.91. The number of hydrogen-bond donors (Lipinski definition) is 0. The highest BCUT2D eigenvalue weighted by Crippen LogP contribution is 2.20. The van der Waals surface area contributed by atoms with Crippen LogP contribution in [-0.4, -0.2) is 24.7 Å². The lowest BCUT2D eigenvalue weighted by Crippen LogP contribution is -2.02. The molecule has 0 fully saturated rings. The SMILES string of the molecule is Cc1nc2ncc(Br)cc2n1Cc1nnc(C(C)F)o1. The molecular formula is C12H11BrFN5O. The number of pyridine rings is 1. The van der Waals surface area contributed by atoms with Crippen LogP contribution < -0.4 is 0 Å². The van der Waals surface area contributed by atoms with E-state index in [4.69, 9.17) is 4.42 Å². The Labute approximate surface area is 122 Å². The minimum Gasteiger partial charge on any atom is -0.420 e. The van der Waals surface area contributed by atoms with Crippen LogP contribution in [0.5, 0.6) is 0 Å². The summed E-state index contributed by atoms with van der Waals surface area (Å²) in [4.78, 5) is 8.59. The number of aromatic nitrogens is 5. The maximum atomic E-state index is 13.1. The standard InChI is InChI=1S/C12H11BrFN5O/c1-6(14)12-18-17-10(20-12)5-19-7(2)16-11-9(19)3-8(13)4-15-11/h3-4,6H,5H2,1-2H3. The molecule has 3 heterocycles. The van der Waals surface area contributed by atoms with Crippen molar-refractivity contribution >= 4 is 27.1 Å². The van der Waals surface area contributed by atoms with Crippen molar-refractivity contribution < 1.29 is 8.81 Å². The third-order valence-electron chi connectivity index (χ3n) is 2.88. The van der Waals surface area contributed by atoms with Gasteiger partial charge in [-0.25, -0.2) is 14.4 Å². The predicted octanol–water partition coefficient (Wildman–Crippen LogP) is 2.96. The number of rotatable bonds is 3. The molecule has 0 aliphatic heterocycles. The van der Waals surface area contributed by atoms with Crippen LogP contribution in [-0.2, 0) is 6.54 Å². The molecule has 6 nitrogen and oxygen atoms in total. The van der Waals surface area contributed by atoms with Crippen LogP contribution in [0.4, 0.5) is 4.39 Å². The molecule has 1 atom stereocenters. The van der Waals surface area contributed by atoms with Crippen LogP contribution in [0, 0.1) is 6.92 Å². The zero-order chi connectivity index (χ0) is 14.3. The zero-order valence-electron chi connectivity index (χ0n) is 10.8. The summed E-state index contributed by atoms with van der Waals surface area (Å²) in [5, 5.41) is 7.52. The molecule has 3 aromatic heterocycles. The first kappa shape index (κ1) is 13.2. The van der Waals surface area contributed by atoms with Gasteiger partial charge in [-0.1, -0.05) is 0 Å². The van der Waals surface area contributed by atoms with E-state index in [0.717, 1.165) is 15.8 Å². The number of halogens is 2. The van der Waals surface area contributed by atoms with Crippen LogP contribution in [0.2, 0.25) is 0 Å². The van der Waals surface area contributed by atoms with Gasteiger partial charge in [0.05, 0.1) is 5.52 Å². The molecule has 0 spiro atoms. The Hall–Kier alpha value is -1.83. The second-order valence-electron chi connectivity index (χ2n) is 4.39. The maximum absolute atomic E-state index is 13.1. The summed E-state index contributed by atoms with van der Waals surface area (Å²) < 4.78 is 21.1. The number of fused-ring (bicyclic) bond motifs is 1. The van der Waals surface area contributed by atoms with Crippen LogP contribution in [0.3, 0.4) is 0 Å². The van der Waals surface area contributed by atoms with E-state index < -0.39 is 6.17 Å². The van der Waals surface area contributed by atoms with Crippen molar-refractivity contribution in [2.75, 3.05) is 0 Å². The fourth-order valence-corrected chi connectivity index (χ4v) is 2.24. The molecule has 0 saturated heterocycles. The number of imidazole rings is 1. The van der Waals surface area contributed by atoms with Crippen LogP contribution >= 0.6 is 15.9 Å². The fraction of sp³-hybridized carbons (Fsp3) is 0.333. The smallest absolute Gasteiger partial charge is 0.250 e. The molecule has 3 aromatic rings. The third kappa shape index (κ3) is 2.31. The topological polar surface area (TPSA) is 69.6 Å². The molecule has 0 bridgehead atoms. The van der Waals surface area contributed by atoms with E-state index in [0.29, 0.717) is 18.1 Å². The Bertz CT molecular complexity index is 766. The maximum Gasteiger partial charge on any atom is 0.250 e. The van der Waals surface area contributed by atoms with Gasteiger partial charge in [-0.15, -0.1) is 10.2 Å². The second-order valence-corrected chi connectivity index (χ2v) is 5.31. The molecule has 0 aliphatic carbocycles. The van der Waals surface area contributed by atoms with Crippen molar-refractivity contribution in [1.82, 2.24) is 24.7 Å². The molecule has 8 heteroatoms. The minimum absolute atomic E-state index is 0.0126. The quantitative estimate of drug-likeness (QED) is 0.733. The van der Waals surface area contributed by atoms with Gasteiger partial charge < -0.3 is 8.98 Å². The van der Waals surface area contributed by atoms with Crippen LogP contribution in [0.1, 0.15) is 30.7 Å². The van der Waals surface area contributed by atoms with Crippen molar-refractivity contribution in [1.29, 1.82) is 0 Å². The van der Waals surface area contributed by atoms with Gasteiger partial charge in [0.25, 0.3) is 0 Å². The molecule has 0 N–H and O–H groups in total. The minimum atomic E-state index is -1.27. The molecule has 0 saturated carbocycles. The lowest BCUT2D eigenvalue weighted by Gasteiger charge is -2.03.